The Labute approximate surface area is 74.9 Å². The van der Waals surface area contributed by atoms with Crippen LogP contribution in [0.5, 0.6) is 0 Å². The van der Waals surface area contributed by atoms with Gasteiger partial charge in [0.25, 0.3) is 0 Å². The minimum absolute atomic E-state index is 0.130. The summed E-state index contributed by atoms with van der Waals surface area (Å²) in [6.45, 7) is 5.42. The third-order valence-corrected chi connectivity index (χ3v) is 2.88. The van der Waals surface area contributed by atoms with Gasteiger partial charge in [-0.05, 0) is 25.7 Å². The Balaban J connectivity index is 2.51. The van der Waals surface area contributed by atoms with E-state index in [-0.39, 0.29) is 11.7 Å². The predicted octanol–water partition coefficient (Wildman–Crippen LogP) is 2.96. The Morgan fingerprint density at radius 1 is 1.42 bits per heavy atom. The van der Waals surface area contributed by atoms with E-state index in [9.17, 15) is 4.79 Å². The molecule has 1 aliphatic carbocycles. The summed E-state index contributed by atoms with van der Waals surface area (Å²) in [5.41, 5.74) is 0. The molecule has 1 fully saturated rings. The number of rotatable bonds is 3. The van der Waals surface area contributed by atoms with Crippen molar-refractivity contribution in [3.05, 3.63) is 12.7 Å². The van der Waals surface area contributed by atoms with Crippen LogP contribution in [0.4, 0.5) is 0 Å². The number of Topliss-reactive ketones (excluding diaryl/α,β-unsaturated/α-hetero) is 1. The molecule has 0 spiro atoms. The van der Waals surface area contributed by atoms with Crippen molar-refractivity contribution in [2.24, 2.45) is 11.8 Å². The third kappa shape index (κ3) is 2.20. The molecule has 0 N–H and O–H groups in total. The van der Waals surface area contributed by atoms with E-state index in [1.54, 1.807) is 6.92 Å². The zero-order valence-corrected chi connectivity index (χ0v) is 7.88. The van der Waals surface area contributed by atoms with Crippen LogP contribution in [-0.2, 0) is 4.79 Å². The van der Waals surface area contributed by atoms with Crippen molar-refractivity contribution in [3.63, 3.8) is 0 Å². The first-order valence-corrected chi connectivity index (χ1v) is 4.88. The summed E-state index contributed by atoms with van der Waals surface area (Å²) in [5.74, 6) is 1.01. The number of carbonyl (C=O) groups excluding carboxylic acids is 1. The van der Waals surface area contributed by atoms with Crippen LogP contribution in [0.2, 0.25) is 0 Å². The molecule has 0 amide bonds. The number of hydrogen-bond acceptors (Lipinski definition) is 1. The monoisotopic (exact) mass is 166 g/mol. The fourth-order valence-corrected chi connectivity index (χ4v) is 2.18. The first-order chi connectivity index (χ1) is 5.75. The molecule has 0 heterocycles. The Bertz CT molecular complexity index is 166. The molecule has 0 aromatic rings. The van der Waals surface area contributed by atoms with Gasteiger partial charge in [-0.1, -0.05) is 25.3 Å². The van der Waals surface area contributed by atoms with Gasteiger partial charge in [-0.15, -0.1) is 6.58 Å². The summed E-state index contributed by atoms with van der Waals surface area (Å²) in [4.78, 5) is 11.2. The van der Waals surface area contributed by atoms with Gasteiger partial charge in [-0.25, -0.2) is 0 Å². The van der Waals surface area contributed by atoms with Crippen LogP contribution in [0.25, 0.3) is 0 Å². The zero-order chi connectivity index (χ0) is 8.97. The highest BCUT2D eigenvalue weighted by Gasteiger charge is 2.23. The Hall–Kier alpha value is -0.590. The van der Waals surface area contributed by atoms with Crippen molar-refractivity contribution >= 4 is 5.78 Å². The van der Waals surface area contributed by atoms with E-state index in [0.29, 0.717) is 5.92 Å². The summed E-state index contributed by atoms with van der Waals surface area (Å²) in [6.07, 6.45) is 8.20. The van der Waals surface area contributed by atoms with E-state index in [1.165, 1.54) is 32.1 Å². The van der Waals surface area contributed by atoms with Crippen molar-refractivity contribution in [2.45, 2.75) is 39.0 Å². The van der Waals surface area contributed by atoms with Gasteiger partial charge < -0.3 is 0 Å². The average Bonchev–Trinajstić information content (AvgIpc) is 2.07. The average molecular weight is 166 g/mol. The smallest absolute Gasteiger partial charge is 0.136 e. The van der Waals surface area contributed by atoms with Gasteiger partial charge in [0, 0.05) is 5.92 Å². The number of ketones is 1. The van der Waals surface area contributed by atoms with Gasteiger partial charge in [0.1, 0.15) is 5.78 Å². The maximum absolute atomic E-state index is 11.2. The second-order valence-corrected chi connectivity index (χ2v) is 3.77. The molecule has 1 atom stereocenters. The maximum Gasteiger partial charge on any atom is 0.136 e. The van der Waals surface area contributed by atoms with Crippen molar-refractivity contribution in [1.29, 1.82) is 0 Å². The van der Waals surface area contributed by atoms with Crippen molar-refractivity contribution in [1.82, 2.24) is 0 Å². The largest absolute Gasteiger partial charge is 0.299 e. The topological polar surface area (TPSA) is 17.1 Å². The molecule has 1 rings (SSSR count). The lowest BCUT2D eigenvalue weighted by Gasteiger charge is -2.26. The SMILES string of the molecule is C=CC(C(C)=O)C1CCCCC1. The van der Waals surface area contributed by atoms with Crippen LogP contribution in [0.15, 0.2) is 12.7 Å². The quantitative estimate of drug-likeness (QED) is 0.589. The van der Waals surface area contributed by atoms with Gasteiger partial charge in [-0.3, -0.25) is 4.79 Å². The van der Waals surface area contributed by atoms with E-state index < -0.39 is 0 Å². The van der Waals surface area contributed by atoms with Crippen LogP contribution in [0.3, 0.4) is 0 Å². The number of allylic oxidation sites excluding steroid dienone is 1. The predicted molar refractivity (Wildman–Crippen MR) is 50.9 cm³/mol. The van der Waals surface area contributed by atoms with Gasteiger partial charge in [0.05, 0.1) is 0 Å². The van der Waals surface area contributed by atoms with E-state index in [1.807, 2.05) is 6.08 Å². The molecule has 0 aliphatic heterocycles. The van der Waals surface area contributed by atoms with Gasteiger partial charge in [0.2, 0.25) is 0 Å². The molecule has 12 heavy (non-hydrogen) atoms. The zero-order valence-electron chi connectivity index (χ0n) is 7.88. The summed E-state index contributed by atoms with van der Waals surface area (Å²) in [5, 5.41) is 0. The van der Waals surface area contributed by atoms with Crippen LogP contribution in [-0.4, -0.2) is 5.78 Å². The molecule has 1 aliphatic rings. The summed E-state index contributed by atoms with van der Waals surface area (Å²) < 4.78 is 0. The lowest BCUT2D eigenvalue weighted by atomic mass is 9.78. The molecule has 1 nitrogen and oxygen atoms in total. The van der Waals surface area contributed by atoms with Crippen LogP contribution in [0, 0.1) is 11.8 Å². The second kappa shape index (κ2) is 4.44. The molecule has 0 aromatic heterocycles. The molecule has 68 valence electrons. The molecule has 1 heteroatoms. The fourth-order valence-electron chi connectivity index (χ4n) is 2.18. The minimum atomic E-state index is 0.130. The van der Waals surface area contributed by atoms with Crippen LogP contribution in [0.1, 0.15) is 39.0 Å². The molecular weight excluding hydrogens is 148 g/mol. The maximum atomic E-state index is 11.2. The molecular formula is C11H18O. The van der Waals surface area contributed by atoms with E-state index in [4.69, 9.17) is 0 Å². The summed E-state index contributed by atoms with van der Waals surface area (Å²) in [6, 6.07) is 0. The highest BCUT2D eigenvalue weighted by atomic mass is 16.1. The third-order valence-electron chi connectivity index (χ3n) is 2.88. The van der Waals surface area contributed by atoms with Gasteiger partial charge in [0.15, 0.2) is 0 Å². The first-order valence-electron chi connectivity index (χ1n) is 4.88. The van der Waals surface area contributed by atoms with Gasteiger partial charge in [-0.2, -0.15) is 0 Å². The molecule has 0 bridgehead atoms. The van der Waals surface area contributed by atoms with E-state index >= 15 is 0 Å². The first kappa shape index (κ1) is 9.50. The summed E-state index contributed by atoms with van der Waals surface area (Å²) >= 11 is 0. The molecule has 0 radical (unpaired) electrons. The number of hydrogen-bond donors (Lipinski definition) is 0. The Kier molecular flexibility index (Phi) is 3.51. The lowest BCUT2D eigenvalue weighted by Crippen LogP contribution is -2.21. The van der Waals surface area contributed by atoms with E-state index in [2.05, 4.69) is 6.58 Å². The van der Waals surface area contributed by atoms with Crippen molar-refractivity contribution < 1.29 is 4.79 Å². The normalized spacial score (nSPS) is 21.8. The van der Waals surface area contributed by atoms with Crippen molar-refractivity contribution in [3.8, 4) is 0 Å². The summed E-state index contributed by atoms with van der Waals surface area (Å²) in [7, 11) is 0. The lowest BCUT2D eigenvalue weighted by molar-refractivity contribution is -0.121. The van der Waals surface area contributed by atoms with Crippen molar-refractivity contribution in [2.75, 3.05) is 0 Å². The molecule has 1 saturated carbocycles. The van der Waals surface area contributed by atoms with Crippen LogP contribution >= 0.6 is 0 Å². The van der Waals surface area contributed by atoms with Crippen LogP contribution < -0.4 is 0 Å². The second-order valence-electron chi connectivity index (χ2n) is 3.77. The molecule has 1 unspecified atom stereocenters. The Morgan fingerprint density at radius 3 is 2.42 bits per heavy atom. The minimum Gasteiger partial charge on any atom is -0.299 e. The molecule has 0 saturated heterocycles. The number of carbonyl (C=O) groups is 1. The standard InChI is InChI=1S/C11H18O/c1-3-11(9(2)12)10-7-5-4-6-8-10/h3,10-11H,1,4-8H2,2H3. The highest BCUT2D eigenvalue weighted by molar-refractivity contribution is 5.80. The molecule has 0 aromatic carbocycles. The highest BCUT2D eigenvalue weighted by Crippen LogP contribution is 2.30. The van der Waals surface area contributed by atoms with E-state index in [0.717, 1.165) is 0 Å². The fraction of sp³-hybridized carbons (Fsp3) is 0.727. The Morgan fingerprint density at radius 2 is 2.00 bits per heavy atom. The van der Waals surface area contributed by atoms with Gasteiger partial charge >= 0.3 is 0 Å².